The van der Waals surface area contributed by atoms with Crippen molar-refractivity contribution in [3.8, 4) is 5.88 Å². The normalized spacial score (nSPS) is 20.1. The summed E-state index contributed by atoms with van der Waals surface area (Å²) in [7, 11) is 0. The highest BCUT2D eigenvalue weighted by Crippen LogP contribution is 2.18. The van der Waals surface area contributed by atoms with Crippen molar-refractivity contribution >= 4 is 11.8 Å². The fraction of sp³-hybridized carbons (Fsp3) is 0.714. The Kier molecular flexibility index (Phi) is 5.25. The summed E-state index contributed by atoms with van der Waals surface area (Å²) in [5.74, 6) is 1.57. The Bertz CT molecular complexity index is 476. The summed E-state index contributed by atoms with van der Waals surface area (Å²) >= 11 is 0. The number of hydrogen-bond donors (Lipinski definition) is 1. The number of hydrogen-bond acceptors (Lipinski definition) is 8. The number of nitrogen functional groups attached to an aromatic ring is 1. The van der Waals surface area contributed by atoms with Crippen LogP contribution >= 0.6 is 0 Å². The van der Waals surface area contributed by atoms with Gasteiger partial charge < -0.3 is 24.8 Å². The van der Waals surface area contributed by atoms with E-state index in [1.165, 1.54) is 0 Å². The van der Waals surface area contributed by atoms with Crippen LogP contribution in [0.1, 0.15) is 0 Å². The van der Waals surface area contributed by atoms with Crippen molar-refractivity contribution in [2.24, 2.45) is 0 Å². The van der Waals surface area contributed by atoms with E-state index in [1.54, 1.807) is 6.07 Å². The molecule has 2 aliphatic heterocycles. The number of aromatic nitrogens is 2. The zero-order valence-corrected chi connectivity index (χ0v) is 12.7. The molecule has 1 aromatic rings. The molecule has 3 rings (SSSR count). The van der Waals surface area contributed by atoms with E-state index in [1.807, 2.05) is 0 Å². The molecule has 0 radical (unpaired) electrons. The third-order valence-electron chi connectivity index (χ3n) is 3.77. The summed E-state index contributed by atoms with van der Waals surface area (Å²) in [5.41, 5.74) is 5.86. The van der Waals surface area contributed by atoms with Crippen molar-refractivity contribution in [1.82, 2.24) is 14.9 Å². The van der Waals surface area contributed by atoms with Crippen molar-refractivity contribution in [3.05, 3.63) is 6.07 Å². The maximum atomic E-state index is 5.86. The SMILES string of the molecule is Nc1cc(OCCN2CCOCC2)nc(N2CCOCC2)n1. The van der Waals surface area contributed by atoms with Crippen LogP contribution in [-0.4, -0.2) is 80.6 Å². The van der Waals surface area contributed by atoms with Gasteiger partial charge in [0.1, 0.15) is 12.4 Å². The van der Waals surface area contributed by atoms with Crippen LogP contribution in [0.3, 0.4) is 0 Å². The molecule has 8 nitrogen and oxygen atoms in total. The van der Waals surface area contributed by atoms with Gasteiger partial charge in [0.2, 0.25) is 11.8 Å². The molecule has 122 valence electrons. The average molecular weight is 309 g/mol. The Morgan fingerprint density at radius 1 is 1.05 bits per heavy atom. The van der Waals surface area contributed by atoms with E-state index in [2.05, 4.69) is 19.8 Å². The van der Waals surface area contributed by atoms with Crippen LogP contribution in [0.25, 0.3) is 0 Å². The first-order chi connectivity index (χ1) is 10.8. The molecule has 0 unspecified atom stereocenters. The van der Waals surface area contributed by atoms with E-state index < -0.39 is 0 Å². The molecule has 0 bridgehead atoms. The number of anilines is 2. The number of rotatable bonds is 5. The minimum absolute atomic E-state index is 0.429. The molecule has 0 saturated carbocycles. The molecule has 0 aliphatic carbocycles. The van der Waals surface area contributed by atoms with Crippen LogP contribution in [-0.2, 0) is 9.47 Å². The van der Waals surface area contributed by atoms with Gasteiger partial charge in [-0.1, -0.05) is 0 Å². The van der Waals surface area contributed by atoms with Crippen LogP contribution in [0.2, 0.25) is 0 Å². The minimum atomic E-state index is 0.429. The lowest BCUT2D eigenvalue weighted by Crippen LogP contribution is -2.39. The first-order valence-electron chi connectivity index (χ1n) is 7.71. The molecule has 0 aromatic carbocycles. The van der Waals surface area contributed by atoms with Gasteiger partial charge in [-0.15, -0.1) is 0 Å². The van der Waals surface area contributed by atoms with Crippen LogP contribution in [0.15, 0.2) is 6.07 Å². The molecule has 3 heterocycles. The Morgan fingerprint density at radius 3 is 2.45 bits per heavy atom. The second-order valence-corrected chi connectivity index (χ2v) is 5.33. The maximum Gasteiger partial charge on any atom is 0.230 e. The van der Waals surface area contributed by atoms with Gasteiger partial charge in [-0.3, -0.25) is 4.90 Å². The van der Waals surface area contributed by atoms with Gasteiger partial charge in [-0.05, 0) is 0 Å². The summed E-state index contributed by atoms with van der Waals surface area (Å²) in [6.07, 6.45) is 0. The second-order valence-electron chi connectivity index (χ2n) is 5.33. The highest BCUT2D eigenvalue weighted by molar-refractivity contribution is 5.42. The van der Waals surface area contributed by atoms with Crippen molar-refractivity contribution in [2.75, 3.05) is 76.4 Å². The number of morpholine rings is 2. The lowest BCUT2D eigenvalue weighted by atomic mass is 10.4. The summed E-state index contributed by atoms with van der Waals surface area (Å²) in [4.78, 5) is 13.1. The molecule has 22 heavy (non-hydrogen) atoms. The molecular weight excluding hydrogens is 286 g/mol. The van der Waals surface area contributed by atoms with Crippen molar-refractivity contribution in [1.29, 1.82) is 0 Å². The maximum absolute atomic E-state index is 5.86. The van der Waals surface area contributed by atoms with Crippen molar-refractivity contribution in [3.63, 3.8) is 0 Å². The second kappa shape index (κ2) is 7.57. The monoisotopic (exact) mass is 309 g/mol. The molecule has 1 aromatic heterocycles. The minimum Gasteiger partial charge on any atom is -0.476 e. The highest BCUT2D eigenvalue weighted by atomic mass is 16.5. The Labute approximate surface area is 130 Å². The first-order valence-corrected chi connectivity index (χ1v) is 7.71. The summed E-state index contributed by atoms with van der Waals surface area (Å²) in [5, 5.41) is 0. The van der Waals surface area contributed by atoms with Gasteiger partial charge in [0.05, 0.1) is 26.4 Å². The number of nitrogens with zero attached hydrogens (tertiary/aromatic N) is 4. The van der Waals surface area contributed by atoms with Crippen LogP contribution in [0.5, 0.6) is 5.88 Å². The number of ether oxygens (including phenoxy) is 3. The lowest BCUT2D eigenvalue weighted by Gasteiger charge is -2.27. The van der Waals surface area contributed by atoms with Crippen molar-refractivity contribution in [2.45, 2.75) is 0 Å². The van der Waals surface area contributed by atoms with Crippen LogP contribution < -0.4 is 15.4 Å². The zero-order valence-electron chi connectivity index (χ0n) is 12.7. The van der Waals surface area contributed by atoms with Crippen molar-refractivity contribution < 1.29 is 14.2 Å². The Morgan fingerprint density at radius 2 is 1.73 bits per heavy atom. The van der Waals surface area contributed by atoms with Gasteiger partial charge in [0, 0.05) is 38.8 Å². The van der Waals surface area contributed by atoms with E-state index in [-0.39, 0.29) is 0 Å². The third-order valence-corrected chi connectivity index (χ3v) is 3.77. The fourth-order valence-corrected chi connectivity index (χ4v) is 2.51. The third kappa shape index (κ3) is 4.19. The molecule has 2 N–H and O–H groups in total. The van der Waals surface area contributed by atoms with Gasteiger partial charge >= 0.3 is 0 Å². The molecule has 0 amide bonds. The van der Waals surface area contributed by atoms with E-state index >= 15 is 0 Å². The van der Waals surface area contributed by atoms with E-state index in [9.17, 15) is 0 Å². The Balaban J connectivity index is 1.54. The van der Waals surface area contributed by atoms with Gasteiger partial charge in [-0.25, -0.2) is 0 Å². The predicted molar refractivity (Wildman–Crippen MR) is 82.2 cm³/mol. The molecule has 2 saturated heterocycles. The molecular formula is C14H23N5O3. The molecule has 2 aliphatic rings. The van der Waals surface area contributed by atoms with E-state index in [0.717, 1.165) is 45.9 Å². The van der Waals surface area contributed by atoms with E-state index in [0.29, 0.717) is 37.5 Å². The fourth-order valence-electron chi connectivity index (χ4n) is 2.51. The molecule has 8 heteroatoms. The first kappa shape index (κ1) is 15.3. The molecule has 0 spiro atoms. The highest BCUT2D eigenvalue weighted by Gasteiger charge is 2.16. The Hall–Kier alpha value is -1.64. The predicted octanol–water partition coefficient (Wildman–Crippen LogP) is -0.394. The standard InChI is InChI=1S/C14H23N5O3/c15-12-11-13(22-10-3-18-1-6-20-7-2-18)17-14(16-12)19-4-8-21-9-5-19/h11H,1-10H2,(H2,15,16,17). The van der Waals surface area contributed by atoms with Crippen LogP contribution in [0, 0.1) is 0 Å². The van der Waals surface area contributed by atoms with Crippen LogP contribution in [0.4, 0.5) is 11.8 Å². The van der Waals surface area contributed by atoms with Gasteiger partial charge in [0.25, 0.3) is 0 Å². The average Bonchev–Trinajstić information content (AvgIpc) is 2.56. The largest absolute Gasteiger partial charge is 0.476 e. The zero-order chi connectivity index (χ0) is 15.2. The summed E-state index contributed by atoms with van der Waals surface area (Å²) < 4.78 is 16.4. The molecule has 2 fully saturated rings. The van der Waals surface area contributed by atoms with E-state index in [4.69, 9.17) is 19.9 Å². The lowest BCUT2D eigenvalue weighted by molar-refractivity contribution is 0.0320. The summed E-state index contributed by atoms with van der Waals surface area (Å²) in [6, 6.07) is 1.67. The quantitative estimate of drug-likeness (QED) is 0.787. The van der Waals surface area contributed by atoms with Gasteiger partial charge in [0.15, 0.2) is 0 Å². The number of nitrogens with two attached hydrogens (primary N) is 1. The smallest absolute Gasteiger partial charge is 0.230 e. The van der Waals surface area contributed by atoms with Gasteiger partial charge in [-0.2, -0.15) is 9.97 Å². The topological polar surface area (TPSA) is 86.0 Å². The summed E-state index contributed by atoms with van der Waals surface area (Å²) in [6.45, 7) is 7.86. The molecule has 0 atom stereocenters.